The standard InChI is InChI=1S/C22H30Cl2N2O7S/c1-5-7-9-25(10-8-6-2)34(29,30)19-12-16(23)18(11-17(19)24)26-14-33-13-15(21(27)31-3)20(26)22(28)32-4/h11-12H,5-10,13-14H2,1-4H3. The normalized spacial score (nSPS) is 14.5. The van der Waals surface area contributed by atoms with Crippen LogP contribution in [0.5, 0.6) is 0 Å². The molecule has 0 N–H and O–H groups in total. The molecule has 0 bridgehead atoms. The van der Waals surface area contributed by atoms with E-state index in [-0.39, 0.29) is 45.2 Å². The van der Waals surface area contributed by atoms with Crippen LogP contribution in [0.25, 0.3) is 0 Å². The van der Waals surface area contributed by atoms with Gasteiger partial charge >= 0.3 is 11.9 Å². The van der Waals surface area contributed by atoms with Crippen molar-refractivity contribution in [3.63, 3.8) is 0 Å². The molecule has 34 heavy (non-hydrogen) atoms. The van der Waals surface area contributed by atoms with Crippen molar-refractivity contribution in [1.29, 1.82) is 0 Å². The molecule has 0 spiro atoms. The fraction of sp³-hybridized carbons (Fsp3) is 0.545. The number of rotatable bonds is 11. The molecule has 1 aliphatic heterocycles. The molecule has 0 amide bonds. The first-order chi connectivity index (χ1) is 16.1. The number of esters is 2. The van der Waals surface area contributed by atoms with Crippen molar-refractivity contribution < 1.29 is 32.2 Å². The van der Waals surface area contributed by atoms with Crippen molar-refractivity contribution in [3.05, 3.63) is 33.4 Å². The summed E-state index contributed by atoms with van der Waals surface area (Å²) < 4.78 is 43.3. The predicted octanol–water partition coefficient (Wildman–Crippen LogP) is 3.98. The number of carbonyl (C=O) groups excluding carboxylic acids is 2. The Hall–Kier alpha value is -1.85. The van der Waals surface area contributed by atoms with E-state index >= 15 is 0 Å². The molecule has 1 aliphatic rings. The van der Waals surface area contributed by atoms with Gasteiger partial charge in [0.05, 0.1) is 42.1 Å². The van der Waals surface area contributed by atoms with Crippen LogP contribution in [0.1, 0.15) is 39.5 Å². The van der Waals surface area contributed by atoms with Crippen LogP contribution in [-0.4, -0.2) is 65.3 Å². The third-order valence-electron chi connectivity index (χ3n) is 5.27. The number of benzene rings is 1. The number of hydrogen-bond donors (Lipinski definition) is 0. The highest BCUT2D eigenvalue weighted by atomic mass is 35.5. The summed E-state index contributed by atoms with van der Waals surface area (Å²) in [5.74, 6) is -1.58. The zero-order chi connectivity index (χ0) is 25.5. The Bertz CT molecular complexity index is 1040. The molecule has 0 aliphatic carbocycles. The molecule has 1 aromatic carbocycles. The van der Waals surface area contributed by atoms with Crippen LogP contribution in [0.2, 0.25) is 10.0 Å². The van der Waals surface area contributed by atoms with Crippen LogP contribution in [0, 0.1) is 0 Å². The van der Waals surface area contributed by atoms with Gasteiger partial charge in [-0.25, -0.2) is 18.0 Å². The van der Waals surface area contributed by atoms with Crippen LogP contribution < -0.4 is 4.90 Å². The Morgan fingerprint density at radius 2 is 1.62 bits per heavy atom. The van der Waals surface area contributed by atoms with Gasteiger partial charge in [0.2, 0.25) is 10.0 Å². The summed E-state index contributed by atoms with van der Waals surface area (Å²) >= 11 is 12.9. The molecule has 0 radical (unpaired) electrons. The first-order valence-corrected chi connectivity index (χ1v) is 13.1. The van der Waals surface area contributed by atoms with E-state index < -0.39 is 22.0 Å². The average molecular weight is 537 g/mol. The molecule has 2 rings (SSSR count). The molecule has 12 heteroatoms. The van der Waals surface area contributed by atoms with Crippen molar-refractivity contribution in [2.45, 2.75) is 44.4 Å². The van der Waals surface area contributed by atoms with Crippen molar-refractivity contribution >= 4 is 50.9 Å². The number of halogens is 2. The topological polar surface area (TPSA) is 102 Å². The largest absolute Gasteiger partial charge is 0.466 e. The Balaban J connectivity index is 2.58. The monoisotopic (exact) mass is 536 g/mol. The summed E-state index contributed by atoms with van der Waals surface area (Å²) in [4.78, 5) is 25.9. The fourth-order valence-electron chi connectivity index (χ4n) is 3.42. The van der Waals surface area contributed by atoms with E-state index in [1.807, 2.05) is 13.8 Å². The summed E-state index contributed by atoms with van der Waals surface area (Å²) in [6.07, 6.45) is 3.10. The third-order valence-corrected chi connectivity index (χ3v) is 7.93. The Kier molecular flexibility index (Phi) is 10.6. The van der Waals surface area contributed by atoms with Gasteiger partial charge in [-0.05, 0) is 25.0 Å². The van der Waals surface area contributed by atoms with Crippen molar-refractivity contribution in [2.75, 3.05) is 45.5 Å². The molecule has 0 fully saturated rings. The maximum Gasteiger partial charge on any atom is 0.355 e. The fourth-order valence-corrected chi connectivity index (χ4v) is 5.79. The molecule has 0 aromatic heterocycles. The maximum absolute atomic E-state index is 13.4. The lowest BCUT2D eigenvalue weighted by Gasteiger charge is -2.32. The lowest BCUT2D eigenvalue weighted by atomic mass is 10.1. The van der Waals surface area contributed by atoms with Gasteiger partial charge in [-0.15, -0.1) is 0 Å². The van der Waals surface area contributed by atoms with Crippen LogP contribution in [0.15, 0.2) is 28.3 Å². The minimum Gasteiger partial charge on any atom is -0.466 e. The molecule has 0 unspecified atom stereocenters. The number of carbonyl (C=O) groups is 2. The number of unbranched alkanes of at least 4 members (excludes halogenated alkanes) is 2. The second-order valence-corrected chi connectivity index (χ2v) is 10.3. The summed E-state index contributed by atoms with van der Waals surface area (Å²) in [5, 5.41) is -0.0724. The molecule has 1 aromatic rings. The molecular formula is C22H30Cl2N2O7S. The number of sulfonamides is 1. The van der Waals surface area contributed by atoms with E-state index in [1.165, 1.54) is 35.6 Å². The van der Waals surface area contributed by atoms with Crippen LogP contribution >= 0.6 is 23.2 Å². The van der Waals surface area contributed by atoms with Crippen LogP contribution in [-0.2, 0) is 33.8 Å². The first-order valence-electron chi connectivity index (χ1n) is 10.9. The van der Waals surface area contributed by atoms with E-state index in [0.29, 0.717) is 25.9 Å². The van der Waals surface area contributed by atoms with E-state index in [1.54, 1.807) is 0 Å². The lowest BCUT2D eigenvalue weighted by molar-refractivity contribution is -0.140. The lowest BCUT2D eigenvalue weighted by Crippen LogP contribution is -2.39. The van der Waals surface area contributed by atoms with Crippen molar-refractivity contribution in [3.8, 4) is 0 Å². The van der Waals surface area contributed by atoms with Crippen molar-refractivity contribution in [2.24, 2.45) is 0 Å². The van der Waals surface area contributed by atoms with Gasteiger partial charge in [0.1, 0.15) is 17.3 Å². The summed E-state index contributed by atoms with van der Waals surface area (Å²) in [5.41, 5.74) is -0.00253. The van der Waals surface area contributed by atoms with Gasteiger partial charge in [0.15, 0.2) is 0 Å². The van der Waals surface area contributed by atoms with Crippen molar-refractivity contribution in [1.82, 2.24) is 4.31 Å². The van der Waals surface area contributed by atoms with E-state index in [2.05, 4.69) is 0 Å². The van der Waals surface area contributed by atoms with Gasteiger partial charge in [-0.3, -0.25) is 0 Å². The Morgan fingerprint density at radius 1 is 1.03 bits per heavy atom. The summed E-state index contributed by atoms with van der Waals surface area (Å²) in [6.45, 7) is 4.39. The molecule has 9 nitrogen and oxygen atoms in total. The molecule has 0 saturated carbocycles. The van der Waals surface area contributed by atoms with Crippen LogP contribution in [0.3, 0.4) is 0 Å². The van der Waals surface area contributed by atoms with E-state index in [9.17, 15) is 18.0 Å². The SMILES string of the molecule is CCCCN(CCCC)S(=O)(=O)c1cc(Cl)c(N2COCC(C(=O)OC)=C2C(=O)OC)cc1Cl. The molecular weight excluding hydrogens is 507 g/mol. The van der Waals surface area contributed by atoms with E-state index in [4.69, 9.17) is 37.4 Å². The van der Waals surface area contributed by atoms with E-state index in [0.717, 1.165) is 12.8 Å². The van der Waals surface area contributed by atoms with Crippen LogP contribution in [0.4, 0.5) is 5.69 Å². The zero-order valence-corrected chi connectivity index (χ0v) is 22.1. The van der Waals surface area contributed by atoms with Gasteiger partial charge in [-0.1, -0.05) is 49.9 Å². The minimum absolute atomic E-state index is 0.00465. The predicted molar refractivity (Wildman–Crippen MR) is 129 cm³/mol. The Labute approximate surface area is 210 Å². The van der Waals surface area contributed by atoms with Gasteiger partial charge < -0.3 is 19.1 Å². The zero-order valence-electron chi connectivity index (χ0n) is 19.7. The number of methoxy groups -OCH3 is 2. The summed E-state index contributed by atoms with van der Waals surface area (Å²) in [6, 6.07) is 2.59. The smallest absolute Gasteiger partial charge is 0.355 e. The summed E-state index contributed by atoms with van der Waals surface area (Å²) in [7, 11) is -1.57. The molecule has 0 saturated heterocycles. The Morgan fingerprint density at radius 3 is 2.15 bits per heavy atom. The minimum atomic E-state index is -3.92. The quantitative estimate of drug-likeness (QED) is 0.391. The van der Waals surface area contributed by atoms with Gasteiger partial charge in [0, 0.05) is 13.1 Å². The highest BCUT2D eigenvalue weighted by molar-refractivity contribution is 7.89. The second-order valence-electron chi connectivity index (χ2n) is 7.56. The number of hydrogen-bond acceptors (Lipinski definition) is 8. The molecule has 1 heterocycles. The maximum atomic E-state index is 13.4. The molecule has 190 valence electrons. The van der Waals surface area contributed by atoms with Gasteiger partial charge in [-0.2, -0.15) is 4.31 Å². The highest BCUT2D eigenvalue weighted by Crippen LogP contribution is 2.38. The third kappa shape index (κ3) is 6.23. The first kappa shape index (κ1) is 28.4. The second kappa shape index (κ2) is 12.7. The average Bonchev–Trinajstić information content (AvgIpc) is 2.83. The molecule has 0 atom stereocenters. The number of ether oxygens (including phenoxy) is 3. The number of nitrogens with zero attached hydrogens (tertiary/aromatic N) is 2. The highest BCUT2D eigenvalue weighted by Gasteiger charge is 2.35. The number of anilines is 1. The van der Waals surface area contributed by atoms with Gasteiger partial charge in [0.25, 0.3) is 0 Å².